The van der Waals surface area contributed by atoms with Crippen molar-refractivity contribution in [1.82, 2.24) is 14.5 Å². The van der Waals surface area contributed by atoms with Crippen molar-refractivity contribution in [2.24, 2.45) is 5.73 Å². The number of thioether (sulfide) groups is 1. The van der Waals surface area contributed by atoms with Crippen LogP contribution < -0.4 is 5.73 Å². The van der Waals surface area contributed by atoms with E-state index in [0.29, 0.717) is 23.9 Å². The van der Waals surface area contributed by atoms with Gasteiger partial charge in [0, 0.05) is 36.2 Å². The molecule has 0 saturated carbocycles. The molecule has 6 nitrogen and oxygen atoms in total. The Bertz CT molecular complexity index is 500. The molecule has 8 heteroatoms. The molecule has 1 saturated heterocycles. The zero-order valence-corrected chi connectivity index (χ0v) is 11.9. The first kappa shape index (κ1) is 13.9. The third kappa shape index (κ3) is 2.56. The highest BCUT2D eigenvalue weighted by Gasteiger charge is 2.32. The Morgan fingerprint density at radius 3 is 3.11 bits per heavy atom. The van der Waals surface area contributed by atoms with Crippen LogP contribution in [0.2, 0.25) is 0 Å². The van der Waals surface area contributed by atoms with E-state index in [-0.39, 0.29) is 11.6 Å². The Kier molecular flexibility index (Phi) is 4.31. The predicted octanol–water partition coefficient (Wildman–Crippen LogP) is 0.385. The number of nitrogens with one attached hydrogen (secondary N) is 1. The van der Waals surface area contributed by atoms with Gasteiger partial charge in [0.15, 0.2) is 5.03 Å². The number of nitrogens with zero attached hydrogens (tertiary/aromatic N) is 2. The molecule has 0 bridgehead atoms. The van der Waals surface area contributed by atoms with Crippen molar-refractivity contribution >= 4 is 21.8 Å². The van der Waals surface area contributed by atoms with Gasteiger partial charge in [-0.05, 0) is 6.42 Å². The molecular weight excluding hydrogens is 272 g/mol. The summed E-state index contributed by atoms with van der Waals surface area (Å²) in [5.41, 5.74) is 6.07. The molecule has 1 aromatic rings. The second-order valence-corrected chi connectivity index (χ2v) is 7.48. The highest BCUT2D eigenvalue weighted by molar-refractivity contribution is 8.00. The second-order valence-electron chi connectivity index (χ2n) is 4.19. The Balaban J connectivity index is 2.25. The van der Waals surface area contributed by atoms with E-state index in [1.807, 2.05) is 11.8 Å². The minimum atomic E-state index is -3.48. The highest BCUT2D eigenvalue weighted by atomic mass is 32.2. The van der Waals surface area contributed by atoms with Crippen LogP contribution in [0, 0.1) is 0 Å². The number of aromatic amines is 1. The van der Waals surface area contributed by atoms with Gasteiger partial charge in [0.05, 0.1) is 6.20 Å². The molecular formula is C10H18N4O2S2. The fourth-order valence-electron chi connectivity index (χ4n) is 1.95. The van der Waals surface area contributed by atoms with E-state index in [1.165, 1.54) is 10.5 Å². The van der Waals surface area contributed by atoms with Gasteiger partial charge in [-0.3, -0.25) is 5.10 Å². The molecule has 18 heavy (non-hydrogen) atoms. The van der Waals surface area contributed by atoms with Crippen LogP contribution in [0.15, 0.2) is 11.2 Å². The minimum Gasteiger partial charge on any atom is -0.326 e. The molecule has 1 aliphatic rings. The maximum Gasteiger partial charge on any atom is 0.260 e. The van der Waals surface area contributed by atoms with Gasteiger partial charge in [0.1, 0.15) is 0 Å². The zero-order chi connectivity index (χ0) is 13.2. The smallest absolute Gasteiger partial charge is 0.260 e. The van der Waals surface area contributed by atoms with Crippen molar-refractivity contribution in [1.29, 1.82) is 0 Å². The third-order valence-corrected chi connectivity index (χ3v) is 6.31. The van der Waals surface area contributed by atoms with Gasteiger partial charge >= 0.3 is 0 Å². The Morgan fingerprint density at radius 1 is 1.67 bits per heavy atom. The SMILES string of the molecule is CCC1CN(S(=O)(=O)c2[nH]ncc2CN)CCS1. The maximum atomic E-state index is 12.5. The number of hydrogen-bond acceptors (Lipinski definition) is 5. The van der Waals surface area contributed by atoms with E-state index >= 15 is 0 Å². The van der Waals surface area contributed by atoms with E-state index in [2.05, 4.69) is 17.1 Å². The molecule has 102 valence electrons. The molecule has 0 aliphatic carbocycles. The van der Waals surface area contributed by atoms with Crippen LogP contribution in [0.4, 0.5) is 0 Å². The Morgan fingerprint density at radius 2 is 2.44 bits per heavy atom. The molecule has 1 fully saturated rings. The number of nitrogens with two attached hydrogens (primary N) is 1. The summed E-state index contributed by atoms with van der Waals surface area (Å²) in [5, 5.41) is 6.86. The summed E-state index contributed by atoms with van der Waals surface area (Å²) in [6.45, 7) is 3.36. The molecule has 0 radical (unpaired) electrons. The summed E-state index contributed by atoms with van der Waals surface area (Å²) < 4.78 is 26.5. The van der Waals surface area contributed by atoms with E-state index in [1.54, 1.807) is 0 Å². The van der Waals surface area contributed by atoms with Gasteiger partial charge in [-0.2, -0.15) is 21.2 Å². The largest absolute Gasteiger partial charge is 0.326 e. The van der Waals surface area contributed by atoms with Crippen LogP contribution in [0.3, 0.4) is 0 Å². The van der Waals surface area contributed by atoms with Crippen LogP contribution >= 0.6 is 11.8 Å². The van der Waals surface area contributed by atoms with Gasteiger partial charge in [-0.1, -0.05) is 6.92 Å². The summed E-state index contributed by atoms with van der Waals surface area (Å²) in [7, 11) is -3.48. The van der Waals surface area contributed by atoms with Gasteiger partial charge in [-0.15, -0.1) is 0 Å². The van der Waals surface area contributed by atoms with Gasteiger partial charge in [0.25, 0.3) is 10.0 Å². The molecule has 3 N–H and O–H groups in total. The third-order valence-electron chi connectivity index (χ3n) is 3.05. The van der Waals surface area contributed by atoms with Crippen molar-refractivity contribution < 1.29 is 8.42 Å². The Labute approximate surface area is 111 Å². The summed E-state index contributed by atoms with van der Waals surface area (Å²) in [4.78, 5) is 0. The molecule has 1 atom stereocenters. The van der Waals surface area contributed by atoms with E-state index in [0.717, 1.165) is 12.2 Å². The lowest BCUT2D eigenvalue weighted by Gasteiger charge is -2.30. The first-order valence-corrected chi connectivity index (χ1v) is 8.42. The average molecular weight is 290 g/mol. The topological polar surface area (TPSA) is 92.1 Å². The zero-order valence-electron chi connectivity index (χ0n) is 10.3. The maximum absolute atomic E-state index is 12.5. The van der Waals surface area contributed by atoms with Gasteiger partial charge in [-0.25, -0.2) is 8.42 Å². The molecule has 1 unspecified atom stereocenters. The summed E-state index contributed by atoms with van der Waals surface area (Å²) >= 11 is 1.83. The number of sulfonamides is 1. The highest BCUT2D eigenvalue weighted by Crippen LogP contribution is 2.26. The van der Waals surface area contributed by atoms with Gasteiger partial charge < -0.3 is 5.73 Å². The number of rotatable bonds is 4. The van der Waals surface area contributed by atoms with Crippen molar-refractivity contribution in [2.45, 2.75) is 30.2 Å². The molecule has 0 amide bonds. The summed E-state index contributed by atoms with van der Waals surface area (Å²) in [6, 6.07) is 0. The monoisotopic (exact) mass is 290 g/mol. The van der Waals surface area contributed by atoms with E-state index in [4.69, 9.17) is 5.73 Å². The molecule has 1 aromatic heterocycles. The van der Waals surface area contributed by atoms with Crippen molar-refractivity contribution in [3.8, 4) is 0 Å². The Hall–Kier alpha value is -0.570. The fourth-order valence-corrected chi connectivity index (χ4v) is 4.95. The lowest BCUT2D eigenvalue weighted by molar-refractivity contribution is 0.413. The van der Waals surface area contributed by atoms with Crippen LogP contribution in [-0.2, 0) is 16.6 Å². The van der Waals surface area contributed by atoms with Crippen LogP contribution in [0.5, 0.6) is 0 Å². The lowest BCUT2D eigenvalue weighted by Crippen LogP contribution is -2.42. The predicted molar refractivity (Wildman–Crippen MR) is 71.8 cm³/mol. The standard InChI is InChI=1S/C10H18N4O2S2/c1-2-9-7-14(3-4-17-9)18(15,16)10-8(5-11)6-12-13-10/h6,9H,2-5,7,11H2,1H3,(H,12,13). The van der Waals surface area contributed by atoms with E-state index < -0.39 is 10.0 Å². The fraction of sp³-hybridized carbons (Fsp3) is 0.700. The number of hydrogen-bond donors (Lipinski definition) is 2. The summed E-state index contributed by atoms with van der Waals surface area (Å²) in [6.07, 6.45) is 2.45. The van der Waals surface area contributed by atoms with Gasteiger partial charge in [0.2, 0.25) is 0 Å². The quantitative estimate of drug-likeness (QED) is 0.836. The molecule has 0 aromatic carbocycles. The van der Waals surface area contributed by atoms with Crippen molar-refractivity contribution in [2.75, 3.05) is 18.8 Å². The number of H-pyrrole nitrogens is 1. The normalized spacial score (nSPS) is 22.2. The van der Waals surface area contributed by atoms with E-state index in [9.17, 15) is 8.42 Å². The first-order valence-electron chi connectivity index (χ1n) is 5.93. The first-order chi connectivity index (χ1) is 8.59. The minimum absolute atomic E-state index is 0.145. The van der Waals surface area contributed by atoms with Crippen molar-refractivity contribution in [3.05, 3.63) is 11.8 Å². The van der Waals surface area contributed by atoms with Crippen molar-refractivity contribution in [3.63, 3.8) is 0 Å². The second kappa shape index (κ2) is 5.60. The number of aromatic nitrogens is 2. The molecule has 1 aliphatic heterocycles. The van der Waals surface area contributed by atoms with Crippen LogP contribution in [0.1, 0.15) is 18.9 Å². The van der Waals surface area contributed by atoms with Crippen LogP contribution in [0.25, 0.3) is 0 Å². The molecule has 0 spiro atoms. The lowest BCUT2D eigenvalue weighted by atomic mass is 10.3. The molecule has 2 heterocycles. The summed E-state index contributed by atoms with van der Waals surface area (Å²) in [5.74, 6) is 0.837. The average Bonchev–Trinajstić information content (AvgIpc) is 2.88. The van der Waals surface area contributed by atoms with Crippen LogP contribution in [-0.4, -0.2) is 47.0 Å². The molecule has 2 rings (SSSR count).